The second-order valence-electron chi connectivity index (χ2n) is 5.21. The van der Waals surface area contributed by atoms with Crippen molar-refractivity contribution in [1.29, 1.82) is 0 Å². The molecule has 1 unspecified atom stereocenters. The van der Waals surface area contributed by atoms with Crippen LogP contribution in [-0.4, -0.2) is 15.3 Å². The molecule has 1 aromatic carbocycles. The average molecular weight is 322 g/mol. The number of aryl methyl sites for hydroxylation is 1. The van der Waals surface area contributed by atoms with Crippen molar-refractivity contribution in [3.63, 3.8) is 0 Å². The fourth-order valence-electron chi connectivity index (χ4n) is 2.00. The number of carboxylic acid groups (broad SMARTS) is 1. The standard InChI is InChI=1S/C16H18O3S2/c1-10(2)12-4-6-14(7-5-12)21(19)9-13-8-15(16(17)18)20-11(13)3/h4-8,10H,9H2,1-3H3,(H,17,18). The predicted octanol–water partition coefficient (Wildman–Crippen LogP) is 4.19. The van der Waals surface area contributed by atoms with Crippen LogP contribution in [0.4, 0.5) is 0 Å². The Morgan fingerprint density at radius 1 is 1.29 bits per heavy atom. The molecule has 0 aliphatic carbocycles. The van der Waals surface area contributed by atoms with Crippen molar-refractivity contribution in [3.8, 4) is 0 Å². The summed E-state index contributed by atoms with van der Waals surface area (Å²) < 4.78 is 12.4. The Bertz CT molecular complexity index is 669. The van der Waals surface area contributed by atoms with Crippen molar-refractivity contribution in [2.45, 2.75) is 37.3 Å². The van der Waals surface area contributed by atoms with Crippen LogP contribution < -0.4 is 0 Å². The van der Waals surface area contributed by atoms with Crippen molar-refractivity contribution in [2.24, 2.45) is 0 Å². The minimum atomic E-state index is -1.15. The Labute approximate surface area is 131 Å². The maximum atomic E-state index is 12.4. The van der Waals surface area contributed by atoms with Crippen LogP contribution in [0, 0.1) is 6.92 Å². The Balaban J connectivity index is 2.16. The molecule has 0 aliphatic heterocycles. The number of hydrogen-bond donors (Lipinski definition) is 1. The van der Waals surface area contributed by atoms with Gasteiger partial charge in [0.25, 0.3) is 0 Å². The molecule has 1 N–H and O–H groups in total. The van der Waals surface area contributed by atoms with Gasteiger partial charge in [0.15, 0.2) is 0 Å². The van der Waals surface area contributed by atoms with E-state index in [1.165, 1.54) is 16.9 Å². The normalized spacial score (nSPS) is 12.6. The van der Waals surface area contributed by atoms with Gasteiger partial charge in [-0.05, 0) is 42.2 Å². The average Bonchev–Trinajstić information content (AvgIpc) is 2.80. The van der Waals surface area contributed by atoms with E-state index >= 15 is 0 Å². The third kappa shape index (κ3) is 3.80. The summed E-state index contributed by atoms with van der Waals surface area (Å²) in [5.74, 6) is -0.123. The van der Waals surface area contributed by atoms with E-state index in [0.717, 1.165) is 15.3 Å². The van der Waals surface area contributed by atoms with E-state index in [2.05, 4.69) is 13.8 Å². The Morgan fingerprint density at radius 2 is 1.90 bits per heavy atom. The molecule has 0 amide bonds. The first-order valence-electron chi connectivity index (χ1n) is 6.69. The van der Waals surface area contributed by atoms with E-state index in [9.17, 15) is 9.00 Å². The van der Waals surface area contributed by atoms with Gasteiger partial charge >= 0.3 is 5.97 Å². The van der Waals surface area contributed by atoms with Gasteiger partial charge in [0.1, 0.15) is 4.88 Å². The van der Waals surface area contributed by atoms with E-state index in [0.29, 0.717) is 16.5 Å². The van der Waals surface area contributed by atoms with Crippen LogP contribution in [0.5, 0.6) is 0 Å². The summed E-state index contributed by atoms with van der Waals surface area (Å²) in [6.07, 6.45) is 0. The highest BCUT2D eigenvalue weighted by molar-refractivity contribution is 7.84. The maximum absolute atomic E-state index is 12.4. The molecule has 0 saturated heterocycles. The zero-order valence-electron chi connectivity index (χ0n) is 12.3. The summed E-state index contributed by atoms with van der Waals surface area (Å²) in [7, 11) is -1.15. The quantitative estimate of drug-likeness (QED) is 0.898. The summed E-state index contributed by atoms with van der Waals surface area (Å²) in [6.45, 7) is 6.10. The van der Waals surface area contributed by atoms with Crippen molar-refractivity contribution >= 4 is 28.1 Å². The van der Waals surface area contributed by atoms with Gasteiger partial charge in [-0.3, -0.25) is 4.21 Å². The van der Waals surface area contributed by atoms with E-state index in [4.69, 9.17) is 5.11 Å². The van der Waals surface area contributed by atoms with Crippen LogP contribution in [0.1, 0.15) is 45.4 Å². The number of hydrogen-bond acceptors (Lipinski definition) is 3. The van der Waals surface area contributed by atoms with Gasteiger partial charge in [0.05, 0.1) is 16.6 Å². The summed E-state index contributed by atoms with van der Waals surface area (Å²) in [5, 5.41) is 8.99. The second kappa shape index (κ2) is 6.54. The minimum Gasteiger partial charge on any atom is -0.477 e. The highest BCUT2D eigenvalue weighted by Gasteiger charge is 2.14. The highest BCUT2D eigenvalue weighted by atomic mass is 32.2. The largest absolute Gasteiger partial charge is 0.477 e. The molecular weight excluding hydrogens is 304 g/mol. The molecule has 5 heteroatoms. The van der Waals surface area contributed by atoms with E-state index in [-0.39, 0.29) is 0 Å². The Hall–Kier alpha value is -1.46. The minimum absolute atomic E-state index is 0.301. The molecule has 2 rings (SSSR count). The van der Waals surface area contributed by atoms with E-state index < -0.39 is 16.8 Å². The van der Waals surface area contributed by atoms with Gasteiger partial charge in [-0.2, -0.15) is 0 Å². The zero-order chi connectivity index (χ0) is 15.6. The molecular formula is C16H18O3S2. The van der Waals surface area contributed by atoms with Gasteiger partial charge in [-0.15, -0.1) is 11.3 Å². The molecule has 1 heterocycles. The summed E-state index contributed by atoms with van der Waals surface area (Å²) >= 11 is 1.23. The number of carbonyl (C=O) groups is 1. The van der Waals surface area contributed by atoms with Gasteiger partial charge in [-0.1, -0.05) is 26.0 Å². The molecule has 0 saturated carbocycles. The third-order valence-electron chi connectivity index (χ3n) is 3.33. The van der Waals surface area contributed by atoms with Gasteiger partial charge in [0.2, 0.25) is 0 Å². The summed E-state index contributed by atoms with van der Waals surface area (Å²) in [5.41, 5.74) is 2.07. The van der Waals surface area contributed by atoms with E-state index in [1.54, 1.807) is 6.07 Å². The highest BCUT2D eigenvalue weighted by Crippen LogP contribution is 2.25. The molecule has 21 heavy (non-hydrogen) atoms. The number of aromatic carboxylic acids is 1. The van der Waals surface area contributed by atoms with Crippen molar-refractivity contribution in [3.05, 3.63) is 51.2 Å². The number of benzene rings is 1. The number of carboxylic acids is 1. The van der Waals surface area contributed by atoms with Crippen LogP contribution in [-0.2, 0) is 16.6 Å². The van der Waals surface area contributed by atoms with Gasteiger partial charge in [0, 0.05) is 9.77 Å². The van der Waals surface area contributed by atoms with Crippen molar-refractivity contribution in [1.82, 2.24) is 0 Å². The molecule has 112 valence electrons. The van der Waals surface area contributed by atoms with Gasteiger partial charge in [-0.25, -0.2) is 4.79 Å². The first-order chi connectivity index (χ1) is 9.88. The lowest BCUT2D eigenvalue weighted by Gasteiger charge is -2.07. The van der Waals surface area contributed by atoms with Crippen LogP contribution in [0.15, 0.2) is 35.2 Å². The Kier molecular flexibility index (Phi) is 4.96. The molecule has 0 aliphatic rings. The molecule has 0 bridgehead atoms. The first-order valence-corrected chi connectivity index (χ1v) is 8.83. The molecule has 1 atom stereocenters. The smallest absolute Gasteiger partial charge is 0.345 e. The fourth-order valence-corrected chi connectivity index (χ4v) is 4.16. The molecule has 2 aromatic rings. The van der Waals surface area contributed by atoms with Crippen molar-refractivity contribution in [2.75, 3.05) is 0 Å². The lowest BCUT2D eigenvalue weighted by molar-refractivity contribution is 0.0702. The summed E-state index contributed by atoms with van der Waals surface area (Å²) in [4.78, 5) is 13.0. The van der Waals surface area contributed by atoms with Crippen LogP contribution in [0.3, 0.4) is 0 Å². The molecule has 0 fully saturated rings. The maximum Gasteiger partial charge on any atom is 0.345 e. The zero-order valence-corrected chi connectivity index (χ0v) is 13.9. The Morgan fingerprint density at radius 3 is 2.38 bits per heavy atom. The van der Waals surface area contributed by atoms with Gasteiger partial charge < -0.3 is 5.11 Å². The van der Waals surface area contributed by atoms with Crippen LogP contribution in [0.2, 0.25) is 0 Å². The fraction of sp³-hybridized carbons (Fsp3) is 0.312. The molecule has 1 aromatic heterocycles. The lowest BCUT2D eigenvalue weighted by atomic mass is 10.0. The SMILES string of the molecule is Cc1sc(C(=O)O)cc1CS(=O)c1ccc(C(C)C)cc1. The third-order valence-corrected chi connectivity index (χ3v) is 5.78. The lowest BCUT2D eigenvalue weighted by Crippen LogP contribution is -1.98. The number of thiophene rings is 1. The topological polar surface area (TPSA) is 54.4 Å². The summed E-state index contributed by atoms with van der Waals surface area (Å²) in [6, 6.07) is 9.42. The number of rotatable bonds is 5. The molecule has 3 nitrogen and oxygen atoms in total. The van der Waals surface area contributed by atoms with Crippen LogP contribution >= 0.6 is 11.3 Å². The predicted molar refractivity (Wildman–Crippen MR) is 86.7 cm³/mol. The monoisotopic (exact) mass is 322 g/mol. The van der Waals surface area contributed by atoms with Crippen LogP contribution in [0.25, 0.3) is 0 Å². The second-order valence-corrected chi connectivity index (χ2v) is 7.92. The first kappa shape index (κ1) is 15.9. The molecule has 0 spiro atoms. The van der Waals surface area contributed by atoms with Crippen molar-refractivity contribution < 1.29 is 14.1 Å². The molecule has 0 radical (unpaired) electrons. The van der Waals surface area contributed by atoms with E-state index in [1.807, 2.05) is 31.2 Å².